The lowest BCUT2D eigenvalue weighted by Crippen LogP contribution is -2.35. The zero-order valence-corrected chi connectivity index (χ0v) is 21.5. The van der Waals surface area contributed by atoms with Crippen LogP contribution >= 0.6 is 11.3 Å². The van der Waals surface area contributed by atoms with Crippen molar-refractivity contribution in [1.29, 1.82) is 0 Å². The van der Waals surface area contributed by atoms with Crippen molar-refractivity contribution in [3.8, 4) is 0 Å². The number of amides is 1. The van der Waals surface area contributed by atoms with Gasteiger partial charge in [-0.1, -0.05) is 19.9 Å². The second-order valence-corrected chi connectivity index (χ2v) is 12.1. The highest BCUT2D eigenvalue weighted by Gasteiger charge is 2.36. The van der Waals surface area contributed by atoms with Crippen LogP contribution in [0.4, 0.5) is 5.69 Å². The number of sulfonamides is 1. The van der Waals surface area contributed by atoms with Gasteiger partial charge in [-0.2, -0.15) is 4.31 Å². The number of ether oxygens (including phenoxy) is 1. The van der Waals surface area contributed by atoms with Crippen LogP contribution in [-0.4, -0.2) is 70.8 Å². The van der Waals surface area contributed by atoms with Gasteiger partial charge in [0.05, 0.1) is 19.2 Å². The van der Waals surface area contributed by atoms with E-state index in [2.05, 4.69) is 0 Å². The zero-order chi connectivity index (χ0) is 24.5. The van der Waals surface area contributed by atoms with E-state index in [1.165, 1.54) is 18.5 Å². The van der Waals surface area contributed by atoms with Crippen LogP contribution in [0.15, 0.2) is 28.5 Å². The number of methoxy groups -OCH3 is 1. The van der Waals surface area contributed by atoms with Gasteiger partial charge in [0.1, 0.15) is 4.21 Å². The average Bonchev–Trinajstić information content (AvgIpc) is 3.17. The minimum absolute atomic E-state index is 0.00796. The van der Waals surface area contributed by atoms with Crippen molar-refractivity contribution in [2.45, 2.75) is 31.0 Å². The van der Waals surface area contributed by atoms with Gasteiger partial charge in [-0.15, -0.1) is 11.3 Å². The molecule has 0 bridgehead atoms. The number of hydrogen-bond donors (Lipinski definition) is 0. The van der Waals surface area contributed by atoms with E-state index in [-0.39, 0.29) is 28.1 Å². The van der Waals surface area contributed by atoms with Gasteiger partial charge in [0.15, 0.2) is 0 Å². The third-order valence-corrected chi connectivity index (χ3v) is 9.11. The SMILES string of the molecule is COC(=O)c1c(S(=O)(=O)N(C)CC(C)C)sc2c1CCN(C(=O)c1cccc(N(C)C)c1)C2. The first kappa shape index (κ1) is 25.2. The van der Waals surface area contributed by atoms with E-state index in [1.807, 2.05) is 51.0 Å². The number of fused-ring (bicyclic) bond motifs is 1. The number of anilines is 1. The van der Waals surface area contributed by atoms with E-state index in [0.717, 1.165) is 17.0 Å². The molecule has 2 aromatic rings. The average molecular weight is 494 g/mol. The Labute approximate surface area is 199 Å². The summed E-state index contributed by atoms with van der Waals surface area (Å²) < 4.78 is 32.8. The molecule has 1 aromatic carbocycles. The van der Waals surface area contributed by atoms with Crippen LogP contribution in [0.5, 0.6) is 0 Å². The van der Waals surface area contributed by atoms with Gasteiger partial charge in [-0.25, -0.2) is 13.2 Å². The second kappa shape index (κ2) is 9.82. The maximum absolute atomic E-state index is 13.3. The lowest BCUT2D eigenvalue weighted by molar-refractivity contribution is 0.0595. The zero-order valence-electron chi connectivity index (χ0n) is 19.9. The molecule has 0 unspecified atom stereocenters. The molecular formula is C23H31N3O5S2. The minimum atomic E-state index is -3.88. The smallest absolute Gasteiger partial charge is 0.340 e. The minimum Gasteiger partial charge on any atom is -0.465 e. The maximum atomic E-state index is 13.3. The fraction of sp³-hybridized carbons (Fsp3) is 0.478. The Morgan fingerprint density at radius 2 is 1.91 bits per heavy atom. The highest BCUT2D eigenvalue weighted by atomic mass is 32.2. The van der Waals surface area contributed by atoms with E-state index >= 15 is 0 Å². The molecule has 0 atom stereocenters. The summed E-state index contributed by atoms with van der Waals surface area (Å²) in [5.41, 5.74) is 2.26. The predicted molar refractivity (Wildman–Crippen MR) is 130 cm³/mol. The molecule has 2 heterocycles. The molecule has 1 amide bonds. The Morgan fingerprint density at radius 3 is 2.52 bits per heavy atom. The van der Waals surface area contributed by atoms with Crippen molar-refractivity contribution in [3.63, 3.8) is 0 Å². The van der Waals surface area contributed by atoms with Crippen molar-refractivity contribution in [2.75, 3.05) is 46.2 Å². The Kier molecular flexibility index (Phi) is 7.50. The van der Waals surface area contributed by atoms with Gasteiger partial charge in [0.2, 0.25) is 0 Å². The number of benzene rings is 1. The fourth-order valence-corrected chi connectivity index (χ4v) is 7.32. The summed E-state index contributed by atoms with van der Waals surface area (Å²) in [6, 6.07) is 7.38. The van der Waals surface area contributed by atoms with Crippen LogP contribution < -0.4 is 4.90 Å². The van der Waals surface area contributed by atoms with Crippen LogP contribution in [0, 0.1) is 5.92 Å². The van der Waals surface area contributed by atoms with Gasteiger partial charge in [-0.3, -0.25) is 4.79 Å². The number of nitrogens with zero attached hydrogens (tertiary/aromatic N) is 3. The van der Waals surface area contributed by atoms with E-state index in [9.17, 15) is 18.0 Å². The molecule has 0 fully saturated rings. The Hall–Kier alpha value is -2.43. The van der Waals surface area contributed by atoms with Crippen molar-refractivity contribution >= 4 is 38.9 Å². The predicted octanol–water partition coefficient (Wildman–Crippen LogP) is 3.08. The molecule has 0 radical (unpaired) electrons. The molecule has 10 heteroatoms. The van der Waals surface area contributed by atoms with Crippen LogP contribution in [0.2, 0.25) is 0 Å². The largest absolute Gasteiger partial charge is 0.465 e. The lowest BCUT2D eigenvalue weighted by Gasteiger charge is -2.27. The Morgan fingerprint density at radius 1 is 1.21 bits per heavy atom. The van der Waals surface area contributed by atoms with Crippen molar-refractivity contribution in [2.24, 2.45) is 5.92 Å². The van der Waals surface area contributed by atoms with Crippen molar-refractivity contribution in [1.82, 2.24) is 9.21 Å². The van der Waals surface area contributed by atoms with E-state index in [1.54, 1.807) is 11.0 Å². The maximum Gasteiger partial charge on any atom is 0.340 e. The molecule has 8 nitrogen and oxygen atoms in total. The summed E-state index contributed by atoms with van der Waals surface area (Å²) in [7, 11) is 2.71. The first-order chi connectivity index (χ1) is 15.5. The summed E-state index contributed by atoms with van der Waals surface area (Å²) in [4.78, 5) is 30.1. The number of hydrogen-bond acceptors (Lipinski definition) is 7. The van der Waals surface area contributed by atoms with Gasteiger partial charge in [0, 0.05) is 50.4 Å². The number of thiophene rings is 1. The molecule has 0 aliphatic carbocycles. The Balaban J connectivity index is 1.98. The number of esters is 1. The lowest BCUT2D eigenvalue weighted by atomic mass is 10.0. The summed E-state index contributed by atoms with van der Waals surface area (Å²) in [5, 5.41) is 0. The summed E-state index contributed by atoms with van der Waals surface area (Å²) in [5.74, 6) is -0.659. The topological polar surface area (TPSA) is 87.2 Å². The number of rotatable bonds is 7. The molecule has 1 aliphatic heterocycles. The molecule has 0 saturated carbocycles. The van der Waals surface area contributed by atoms with Crippen LogP contribution in [0.3, 0.4) is 0 Å². The van der Waals surface area contributed by atoms with E-state index in [0.29, 0.717) is 35.5 Å². The van der Waals surface area contributed by atoms with E-state index in [4.69, 9.17) is 4.74 Å². The summed E-state index contributed by atoms with van der Waals surface area (Å²) in [6.07, 6.45) is 0.388. The van der Waals surface area contributed by atoms with Gasteiger partial charge >= 0.3 is 5.97 Å². The van der Waals surface area contributed by atoms with Crippen molar-refractivity contribution < 1.29 is 22.7 Å². The molecule has 180 valence electrons. The third kappa shape index (κ3) is 5.07. The number of carbonyl (C=O) groups excluding carboxylic acids is 2. The van der Waals surface area contributed by atoms with Gasteiger partial charge in [0.25, 0.3) is 15.9 Å². The quantitative estimate of drug-likeness (QED) is 0.551. The molecule has 1 aliphatic rings. The highest BCUT2D eigenvalue weighted by Crippen LogP contribution is 2.38. The third-order valence-electron chi connectivity index (χ3n) is 5.58. The standard InChI is InChI=1S/C23H31N3O5S2/c1-15(2)13-25(5)33(29,30)23-20(22(28)31-6)18-10-11-26(14-19(18)32-23)21(27)16-8-7-9-17(12-16)24(3)4/h7-9,12,15H,10-11,13-14H2,1-6H3. The van der Waals surface area contributed by atoms with Crippen LogP contribution in [0.1, 0.15) is 45.0 Å². The molecule has 0 saturated heterocycles. The summed E-state index contributed by atoms with van der Waals surface area (Å²) >= 11 is 1.06. The molecule has 3 rings (SSSR count). The first-order valence-corrected chi connectivity index (χ1v) is 13.0. The molecular weight excluding hydrogens is 462 g/mol. The van der Waals surface area contributed by atoms with E-state index < -0.39 is 16.0 Å². The monoisotopic (exact) mass is 493 g/mol. The summed E-state index contributed by atoms with van der Waals surface area (Å²) in [6.45, 7) is 4.83. The molecule has 0 N–H and O–H groups in total. The molecule has 33 heavy (non-hydrogen) atoms. The normalized spacial score (nSPS) is 13.9. The van der Waals surface area contributed by atoms with Crippen LogP contribution in [-0.2, 0) is 27.7 Å². The number of carbonyl (C=O) groups is 2. The fourth-order valence-electron chi connectivity index (χ4n) is 3.90. The first-order valence-electron chi connectivity index (χ1n) is 10.7. The van der Waals surface area contributed by atoms with Crippen molar-refractivity contribution in [3.05, 3.63) is 45.8 Å². The molecule has 0 spiro atoms. The van der Waals surface area contributed by atoms with Gasteiger partial charge < -0.3 is 14.5 Å². The van der Waals surface area contributed by atoms with Crippen LogP contribution in [0.25, 0.3) is 0 Å². The van der Waals surface area contributed by atoms with Gasteiger partial charge in [-0.05, 0) is 36.1 Å². The highest BCUT2D eigenvalue weighted by molar-refractivity contribution is 7.91. The second-order valence-electron chi connectivity index (χ2n) is 8.76. The molecule has 1 aromatic heterocycles. The Bertz CT molecular complexity index is 1150.